The molecule has 3 aromatic heterocycles. The Morgan fingerprint density at radius 3 is 2.11 bits per heavy atom. The molecule has 8 rings (SSSR count). The van der Waals surface area contributed by atoms with Crippen LogP contribution in [0.3, 0.4) is 0 Å². The van der Waals surface area contributed by atoms with E-state index in [-0.39, 0.29) is 20.1 Å². The molecular weight excluding hydrogens is 731 g/mol. The molecule has 0 aliphatic heterocycles. The third-order valence-corrected chi connectivity index (χ3v) is 11.3. The van der Waals surface area contributed by atoms with Gasteiger partial charge < -0.3 is 15.0 Å². The first kappa shape index (κ1) is 32.2. The summed E-state index contributed by atoms with van der Waals surface area (Å²) in [5.74, 6) is 2.84. The molecule has 1 radical (unpaired) electrons. The minimum absolute atomic E-state index is 0. The Balaban J connectivity index is 0.000000179. The topological polar surface area (TPSA) is 38.7 Å². The Labute approximate surface area is 278 Å². The van der Waals surface area contributed by atoms with Crippen molar-refractivity contribution in [2.24, 2.45) is 17.8 Å². The fourth-order valence-electron chi connectivity index (χ4n) is 6.91. The third-order valence-electron chi connectivity index (χ3n) is 9.21. The monoisotopic (exact) mass is 772 g/mol. The zero-order valence-corrected chi connectivity index (χ0v) is 29.4. The first-order valence-electron chi connectivity index (χ1n) is 15.7. The molecular formula is C39H41IrN3Si-2. The summed E-state index contributed by atoms with van der Waals surface area (Å²) in [6, 6.07) is 31.9. The second kappa shape index (κ2) is 14.7. The second-order valence-electron chi connectivity index (χ2n) is 13.2. The summed E-state index contributed by atoms with van der Waals surface area (Å²) in [5, 5.41) is 1.54. The third kappa shape index (κ3) is 7.88. The average molecular weight is 772 g/mol. The maximum atomic E-state index is 4.78. The van der Waals surface area contributed by atoms with Crippen molar-refractivity contribution in [3.63, 3.8) is 0 Å². The smallest absolute Gasteiger partial charge is 0.0798 e. The van der Waals surface area contributed by atoms with Gasteiger partial charge in [-0.2, -0.15) is 0 Å². The molecule has 44 heavy (non-hydrogen) atoms. The number of rotatable bonds is 6. The molecule has 0 saturated heterocycles. The summed E-state index contributed by atoms with van der Waals surface area (Å²) in [6.07, 6.45) is 17.5. The molecule has 3 nitrogen and oxygen atoms in total. The van der Waals surface area contributed by atoms with Gasteiger partial charge in [0.2, 0.25) is 0 Å². The fraction of sp³-hybridized carbons (Fsp3) is 0.308. The van der Waals surface area contributed by atoms with Crippen LogP contribution in [-0.2, 0) is 26.5 Å². The minimum Gasteiger partial charge on any atom is -0.360 e. The van der Waals surface area contributed by atoms with E-state index >= 15 is 0 Å². The van der Waals surface area contributed by atoms with E-state index in [2.05, 4.69) is 78.4 Å². The molecule has 227 valence electrons. The van der Waals surface area contributed by atoms with Crippen LogP contribution in [0.4, 0.5) is 0 Å². The van der Waals surface area contributed by atoms with Crippen molar-refractivity contribution >= 4 is 13.3 Å². The van der Waals surface area contributed by atoms with Gasteiger partial charge in [0.25, 0.3) is 0 Å². The first-order chi connectivity index (χ1) is 20.9. The molecule has 3 aliphatic rings. The van der Waals surface area contributed by atoms with Gasteiger partial charge in [0.05, 0.1) is 8.07 Å². The largest absolute Gasteiger partial charge is 0.360 e. The van der Waals surface area contributed by atoms with Gasteiger partial charge in [-0.15, -0.1) is 53.6 Å². The molecule has 1 atom stereocenters. The maximum Gasteiger partial charge on any atom is 0.0798 e. The van der Waals surface area contributed by atoms with Crippen molar-refractivity contribution < 1.29 is 20.1 Å². The van der Waals surface area contributed by atoms with Crippen molar-refractivity contribution in [3.8, 4) is 33.6 Å². The van der Waals surface area contributed by atoms with E-state index in [9.17, 15) is 0 Å². The quantitative estimate of drug-likeness (QED) is 0.128. The van der Waals surface area contributed by atoms with Crippen LogP contribution in [0.5, 0.6) is 0 Å². The zero-order valence-electron chi connectivity index (χ0n) is 26.0. The Bertz CT molecular complexity index is 1540. The number of hydrogen-bond donors (Lipinski definition) is 0. The number of hydrogen-bond acceptors (Lipinski definition) is 3. The van der Waals surface area contributed by atoms with E-state index in [1.54, 1.807) is 16.9 Å². The minimum atomic E-state index is -1.40. The van der Waals surface area contributed by atoms with E-state index in [0.29, 0.717) is 0 Å². The molecule has 0 amide bonds. The van der Waals surface area contributed by atoms with Crippen molar-refractivity contribution in [2.75, 3.05) is 0 Å². The predicted molar refractivity (Wildman–Crippen MR) is 180 cm³/mol. The number of benzene rings is 2. The van der Waals surface area contributed by atoms with Crippen LogP contribution < -0.4 is 5.19 Å². The molecule has 5 aromatic rings. The Hall–Kier alpha value is -3.24. The Kier molecular flexibility index (Phi) is 10.7. The molecule has 3 heterocycles. The Morgan fingerprint density at radius 1 is 0.750 bits per heavy atom. The first-order valence-corrected chi connectivity index (χ1v) is 19.2. The number of fused-ring (bicyclic) bond motifs is 3. The van der Waals surface area contributed by atoms with E-state index in [4.69, 9.17) is 4.98 Å². The number of aromatic nitrogens is 3. The predicted octanol–water partition coefficient (Wildman–Crippen LogP) is 9.07. The van der Waals surface area contributed by atoms with Gasteiger partial charge in [0.15, 0.2) is 0 Å². The van der Waals surface area contributed by atoms with Gasteiger partial charge in [-0.1, -0.05) is 92.8 Å². The molecule has 2 aromatic carbocycles. The van der Waals surface area contributed by atoms with Crippen LogP contribution in [0.25, 0.3) is 33.6 Å². The summed E-state index contributed by atoms with van der Waals surface area (Å²) in [6.45, 7) is 7.32. The van der Waals surface area contributed by atoms with Gasteiger partial charge >= 0.3 is 0 Å². The van der Waals surface area contributed by atoms with Gasteiger partial charge in [0.1, 0.15) is 0 Å². The summed E-state index contributed by atoms with van der Waals surface area (Å²) in [5.41, 5.74) is 7.90. The summed E-state index contributed by atoms with van der Waals surface area (Å²) in [7, 11) is -1.40. The van der Waals surface area contributed by atoms with E-state index in [1.165, 1.54) is 44.1 Å². The molecule has 3 fully saturated rings. The van der Waals surface area contributed by atoms with E-state index < -0.39 is 8.07 Å². The maximum absolute atomic E-state index is 4.78. The molecule has 2 bridgehead atoms. The van der Waals surface area contributed by atoms with Crippen molar-refractivity contribution in [1.29, 1.82) is 0 Å². The van der Waals surface area contributed by atoms with Gasteiger partial charge in [0, 0.05) is 32.5 Å². The van der Waals surface area contributed by atoms with E-state index in [0.717, 1.165) is 45.8 Å². The molecule has 3 saturated carbocycles. The standard InChI is InChI=1S/C22H29N2Si.C17H12N.Ir/c1-25(2,3)22-15-24-21(18-5-4-10-23-14-18)13-20(22)12-19-11-16-6-8-17(19)9-7-16;1-3-7-14(8-4-1)16-11-12-17(18-13-16)15-9-5-2-6-10-15;/h4-5,10,13,15-17,19H,6-9,11-12H2,1-3H3;1-9,11-13H;/q2*-1;. The molecule has 1 unspecified atom stereocenters. The number of pyridine rings is 3. The summed E-state index contributed by atoms with van der Waals surface area (Å²) >= 11 is 0. The fourth-order valence-corrected chi connectivity index (χ4v) is 8.50. The van der Waals surface area contributed by atoms with Crippen molar-refractivity contribution in [3.05, 3.63) is 121 Å². The zero-order chi connectivity index (χ0) is 29.6. The van der Waals surface area contributed by atoms with Crippen molar-refractivity contribution in [2.45, 2.75) is 58.2 Å². The normalized spacial score (nSPS) is 18.9. The summed E-state index contributed by atoms with van der Waals surface area (Å²) in [4.78, 5) is 13.4. The van der Waals surface area contributed by atoms with Crippen LogP contribution in [-0.4, -0.2) is 23.0 Å². The van der Waals surface area contributed by atoms with Crippen LogP contribution in [0.2, 0.25) is 19.6 Å². The van der Waals surface area contributed by atoms with Gasteiger partial charge in [-0.25, -0.2) is 0 Å². The van der Waals surface area contributed by atoms with Crippen LogP contribution >= 0.6 is 0 Å². The second-order valence-corrected chi connectivity index (χ2v) is 18.2. The summed E-state index contributed by atoms with van der Waals surface area (Å²) < 4.78 is 0. The molecule has 0 spiro atoms. The molecule has 0 N–H and O–H groups in total. The SMILES string of the molecule is C[Si](C)(C)c1cnc(-c2[c-]nccc2)cc1CC1CC2CCC1CC2.[Ir].[c-]1ccccc1-c1ccc(-c2ccccc2)cn1. The van der Waals surface area contributed by atoms with Crippen molar-refractivity contribution in [1.82, 2.24) is 15.0 Å². The average Bonchev–Trinajstić information content (AvgIpc) is 3.06. The van der Waals surface area contributed by atoms with Crippen LogP contribution in [0.15, 0.2) is 104 Å². The van der Waals surface area contributed by atoms with Gasteiger partial charge in [-0.05, 0) is 77.3 Å². The Morgan fingerprint density at radius 2 is 1.50 bits per heavy atom. The van der Waals surface area contributed by atoms with Crippen LogP contribution in [0.1, 0.15) is 37.7 Å². The van der Waals surface area contributed by atoms with Gasteiger partial charge in [-0.3, -0.25) is 0 Å². The van der Waals surface area contributed by atoms with Crippen LogP contribution in [0, 0.1) is 30.0 Å². The molecule has 5 heteroatoms. The molecule has 3 aliphatic carbocycles. The van der Waals surface area contributed by atoms with E-state index in [1.807, 2.05) is 60.8 Å². The number of nitrogens with zero attached hydrogens (tertiary/aromatic N) is 3.